The number of hydrogen-bond acceptors (Lipinski definition) is 4. The minimum absolute atomic E-state index is 0.336. The van der Waals surface area contributed by atoms with E-state index in [4.69, 9.17) is 0 Å². The Hall–Kier alpha value is -1.95. The van der Waals surface area contributed by atoms with Gasteiger partial charge in [-0.25, -0.2) is 4.79 Å². The number of hydrogen-bond donors (Lipinski definition) is 1. The van der Waals surface area contributed by atoms with E-state index < -0.39 is 11.9 Å². The number of aryl methyl sites for hydroxylation is 2. The molecule has 2 rings (SSSR count). The zero-order valence-corrected chi connectivity index (χ0v) is 13.3. The Bertz CT molecular complexity index is 746. The van der Waals surface area contributed by atoms with Gasteiger partial charge in [0.15, 0.2) is 0 Å². The van der Waals surface area contributed by atoms with Gasteiger partial charge in [-0.2, -0.15) is 4.98 Å². The Balaban J connectivity index is 2.53. The SMILES string of the molecule is Cc1ccc(Cn2c(C)c(C(C)C(=O)O)c(C)nc2=O)s1. The molecule has 2 aromatic heterocycles. The predicted molar refractivity (Wildman–Crippen MR) is 82.2 cm³/mol. The molecule has 0 amide bonds. The number of aromatic nitrogens is 2. The molecule has 6 heteroatoms. The Labute approximate surface area is 126 Å². The van der Waals surface area contributed by atoms with Crippen molar-refractivity contribution in [1.82, 2.24) is 9.55 Å². The van der Waals surface area contributed by atoms with Crippen LogP contribution in [0.15, 0.2) is 16.9 Å². The lowest BCUT2D eigenvalue weighted by Gasteiger charge is -2.17. The van der Waals surface area contributed by atoms with E-state index in [2.05, 4.69) is 4.98 Å². The number of thiophene rings is 1. The minimum atomic E-state index is -0.917. The smallest absolute Gasteiger partial charge is 0.348 e. The van der Waals surface area contributed by atoms with Crippen LogP contribution in [-0.4, -0.2) is 20.6 Å². The summed E-state index contributed by atoms with van der Waals surface area (Å²) in [6, 6.07) is 3.98. The topological polar surface area (TPSA) is 72.2 Å². The van der Waals surface area contributed by atoms with Crippen molar-refractivity contribution in [3.05, 3.63) is 49.3 Å². The van der Waals surface area contributed by atoms with E-state index in [1.807, 2.05) is 19.1 Å². The fourth-order valence-corrected chi connectivity index (χ4v) is 3.36. The first kappa shape index (κ1) is 15.4. The van der Waals surface area contributed by atoms with Gasteiger partial charge in [0.1, 0.15) is 0 Å². The largest absolute Gasteiger partial charge is 0.481 e. The summed E-state index contributed by atoms with van der Waals surface area (Å²) in [6.07, 6.45) is 0. The van der Waals surface area contributed by atoms with Gasteiger partial charge in [-0.1, -0.05) is 0 Å². The van der Waals surface area contributed by atoms with Crippen LogP contribution in [0.5, 0.6) is 0 Å². The van der Waals surface area contributed by atoms with E-state index in [9.17, 15) is 14.7 Å². The van der Waals surface area contributed by atoms with Gasteiger partial charge < -0.3 is 5.11 Å². The molecule has 0 aliphatic carbocycles. The molecule has 0 spiro atoms. The molecule has 0 aromatic carbocycles. The monoisotopic (exact) mass is 306 g/mol. The summed E-state index contributed by atoms with van der Waals surface area (Å²) in [6.45, 7) is 7.52. The lowest BCUT2D eigenvalue weighted by Crippen LogP contribution is -2.29. The van der Waals surface area contributed by atoms with Gasteiger partial charge in [0.05, 0.1) is 12.5 Å². The van der Waals surface area contributed by atoms with Crippen LogP contribution < -0.4 is 5.69 Å². The maximum absolute atomic E-state index is 12.1. The molecule has 112 valence electrons. The third-order valence-electron chi connectivity index (χ3n) is 3.59. The van der Waals surface area contributed by atoms with Crippen LogP contribution in [0.4, 0.5) is 0 Å². The van der Waals surface area contributed by atoms with Crippen molar-refractivity contribution < 1.29 is 9.90 Å². The fraction of sp³-hybridized carbons (Fsp3) is 0.400. The molecule has 0 radical (unpaired) electrons. The number of rotatable bonds is 4. The van der Waals surface area contributed by atoms with Crippen molar-refractivity contribution in [3.8, 4) is 0 Å². The van der Waals surface area contributed by atoms with Crippen LogP contribution in [0.1, 0.15) is 39.5 Å². The fourth-order valence-electron chi connectivity index (χ4n) is 2.48. The second-order valence-corrected chi connectivity index (χ2v) is 6.51. The zero-order valence-electron chi connectivity index (χ0n) is 12.5. The van der Waals surface area contributed by atoms with E-state index in [1.165, 1.54) is 4.88 Å². The normalized spacial score (nSPS) is 12.4. The molecular weight excluding hydrogens is 288 g/mol. The number of nitrogens with zero attached hydrogens (tertiary/aromatic N) is 2. The molecule has 1 atom stereocenters. The lowest BCUT2D eigenvalue weighted by atomic mass is 9.98. The second-order valence-electron chi connectivity index (χ2n) is 5.14. The average Bonchev–Trinajstić information content (AvgIpc) is 2.79. The molecule has 5 nitrogen and oxygen atoms in total. The molecule has 2 aromatic rings. The van der Waals surface area contributed by atoms with Crippen LogP contribution in [0, 0.1) is 20.8 Å². The van der Waals surface area contributed by atoms with Gasteiger partial charge in [-0.15, -0.1) is 11.3 Å². The Kier molecular flexibility index (Phi) is 4.27. The summed E-state index contributed by atoms with van der Waals surface area (Å²) in [7, 11) is 0. The first-order valence-electron chi connectivity index (χ1n) is 6.67. The number of carbonyl (C=O) groups is 1. The van der Waals surface area contributed by atoms with E-state index in [-0.39, 0.29) is 5.69 Å². The highest BCUT2D eigenvalue weighted by Crippen LogP contribution is 2.23. The molecule has 0 saturated heterocycles. The molecule has 1 N–H and O–H groups in total. The first-order chi connectivity index (χ1) is 9.81. The third kappa shape index (κ3) is 3.05. The van der Waals surface area contributed by atoms with E-state index in [1.54, 1.807) is 36.7 Å². The summed E-state index contributed by atoms with van der Waals surface area (Å²) in [5, 5.41) is 9.22. The Morgan fingerprint density at radius 2 is 2.05 bits per heavy atom. The predicted octanol–water partition coefficient (Wildman–Crippen LogP) is 2.47. The highest BCUT2D eigenvalue weighted by atomic mass is 32.1. The molecule has 0 saturated carbocycles. The first-order valence-corrected chi connectivity index (χ1v) is 7.49. The van der Waals surface area contributed by atoms with Crippen LogP contribution in [0.3, 0.4) is 0 Å². The van der Waals surface area contributed by atoms with Crippen LogP contribution in [0.2, 0.25) is 0 Å². The van der Waals surface area contributed by atoms with Gasteiger partial charge in [-0.05, 0) is 39.8 Å². The van der Waals surface area contributed by atoms with E-state index in [0.717, 1.165) is 4.88 Å². The van der Waals surface area contributed by atoms with Gasteiger partial charge in [0.25, 0.3) is 0 Å². The standard InChI is InChI=1S/C15H18N2O3S/c1-8-5-6-12(21-8)7-17-11(4)13(9(2)14(18)19)10(3)16-15(17)20/h5-6,9H,7H2,1-4H3,(H,18,19). The van der Waals surface area contributed by atoms with E-state index in [0.29, 0.717) is 23.5 Å². The molecule has 0 bridgehead atoms. The molecule has 0 aliphatic rings. The maximum Gasteiger partial charge on any atom is 0.348 e. The molecule has 0 fully saturated rings. The number of carboxylic acid groups (broad SMARTS) is 1. The Morgan fingerprint density at radius 3 is 2.57 bits per heavy atom. The van der Waals surface area contributed by atoms with Crippen molar-refractivity contribution in [3.63, 3.8) is 0 Å². The summed E-state index contributed by atoms with van der Waals surface area (Å²) in [5.74, 6) is -1.60. The second kappa shape index (κ2) is 5.81. The molecule has 0 aliphatic heterocycles. The van der Waals surface area contributed by atoms with Crippen LogP contribution >= 0.6 is 11.3 Å². The number of aliphatic carboxylic acids is 1. The molecular formula is C15H18N2O3S. The quantitative estimate of drug-likeness (QED) is 0.942. The highest BCUT2D eigenvalue weighted by Gasteiger charge is 2.22. The van der Waals surface area contributed by atoms with Gasteiger partial charge in [0.2, 0.25) is 0 Å². The van der Waals surface area contributed by atoms with Crippen molar-refractivity contribution in [2.75, 3.05) is 0 Å². The van der Waals surface area contributed by atoms with Crippen LogP contribution in [0.25, 0.3) is 0 Å². The number of carboxylic acids is 1. The summed E-state index contributed by atoms with van der Waals surface area (Å²) < 4.78 is 1.55. The summed E-state index contributed by atoms with van der Waals surface area (Å²) >= 11 is 1.62. The lowest BCUT2D eigenvalue weighted by molar-refractivity contribution is -0.138. The van der Waals surface area contributed by atoms with Gasteiger partial charge in [-0.3, -0.25) is 9.36 Å². The third-order valence-corrected chi connectivity index (χ3v) is 4.58. The molecule has 2 heterocycles. The van der Waals surface area contributed by atoms with Crippen molar-refractivity contribution in [2.45, 2.75) is 40.2 Å². The highest BCUT2D eigenvalue weighted by molar-refractivity contribution is 7.11. The average molecular weight is 306 g/mol. The molecule has 1 unspecified atom stereocenters. The summed E-state index contributed by atoms with van der Waals surface area (Å²) in [4.78, 5) is 29.6. The minimum Gasteiger partial charge on any atom is -0.481 e. The van der Waals surface area contributed by atoms with Crippen molar-refractivity contribution in [2.24, 2.45) is 0 Å². The molecule has 21 heavy (non-hydrogen) atoms. The van der Waals surface area contributed by atoms with Crippen LogP contribution in [-0.2, 0) is 11.3 Å². The zero-order chi connectivity index (χ0) is 15.7. The van der Waals surface area contributed by atoms with Crippen molar-refractivity contribution >= 4 is 17.3 Å². The van der Waals surface area contributed by atoms with Crippen molar-refractivity contribution in [1.29, 1.82) is 0 Å². The van der Waals surface area contributed by atoms with E-state index >= 15 is 0 Å². The summed E-state index contributed by atoms with van der Waals surface area (Å²) in [5.41, 5.74) is 1.45. The van der Waals surface area contributed by atoms with Gasteiger partial charge in [0, 0.05) is 26.7 Å². The Morgan fingerprint density at radius 1 is 1.38 bits per heavy atom. The maximum atomic E-state index is 12.1. The van der Waals surface area contributed by atoms with Gasteiger partial charge >= 0.3 is 11.7 Å².